The van der Waals surface area contributed by atoms with Crippen molar-refractivity contribution in [1.82, 2.24) is 15.0 Å². The van der Waals surface area contributed by atoms with Crippen LogP contribution in [0.3, 0.4) is 0 Å². The number of hydrogen-bond donors (Lipinski definition) is 0. The minimum Gasteiger partial charge on any atom is -0.305 e. The van der Waals surface area contributed by atoms with Crippen LogP contribution in [0.2, 0.25) is 0 Å². The Kier molecular flexibility index (Phi) is 13.6. The van der Waals surface area contributed by atoms with Gasteiger partial charge >= 0.3 is 20.1 Å². The van der Waals surface area contributed by atoms with Gasteiger partial charge in [-0.1, -0.05) is 43.8 Å². The zero-order valence-electron chi connectivity index (χ0n) is 20.0. The van der Waals surface area contributed by atoms with Crippen molar-refractivity contribution in [3.8, 4) is 33.8 Å². The second-order valence-electron chi connectivity index (χ2n) is 7.47. The number of nitrogens with zero attached hydrogens (tertiary/aromatic N) is 3. The van der Waals surface area contributed by atoms with Gasteiger partial charge in [-0.2, -0.15) is 0 Å². The van der Waals surface area contributed by atoms with E-state index in [1.807, 2.05) is 127 Å². The molecular formula is C34H28IrN3. The minimum absolute atomic E-state index is 0. The van der Waals surface area contributed by atoms with Crippen LogP contribution in [0.25, 0.3) is 33.8 Å². The van der Waals surface area contributed by atoms with Crippen LogP contribution < -0.4 is 0 Å². The van der Waals surface area contributed by atoms with Gasteiger partial charge in [-0.25, -0.2) is 0 Å². The van der Waals surface area contributed by atoms with E-state index in [2.05, 4.69) is 33.2 Å². The number of aromatic nitrogens is 3. The van der Waals surface area contributed by atoms with Crippen molar-refractivity contribution in [2.24, 2.45) is 0 Å². The van der Waals surface area contributed by atoms with E-state index in [4.69, 9.17) is 0 Å². The van der Waals surface area contributed by atoms with Crippen LogP contribution in [0, 0.1) is 18.2 Å². The van der Waals surface area contributed by atoms with Gasteiger partial charge in [-0.3, -0.25) is 0 Å². The van der Waals surface area contributed by atoms with Gasteiger partial charge in [0, 0.05) is 18.6 Å². The quantitative estimate of drug-likeness (QED) is 0.178. The van der Waals surface area contributed by atoms with Gasteiger partial charge in [-0.15, -0.1) is 108 Å². The van der Waals surface area contributed by atoms with Crippen LogP contribution >= 0.6 is 0 Å². The first-order valence-corrected chi connectivity index (χ1v) is 11.5. The normalized spacial score (nSPS) is 9.16. The summed E-state index contributed by atoms with van der Waals surface area (Å²) >= 11 is 0. The Balaban J connectivity index is 0.000000195. The Bertz CT molecular complexity index is 1090. The monoisotopic (exact) mass is 671 g/mol. The minimum atomic E-state index is 0. The molecule has 0 aliphatic heterocycles. The molecule has 3 aromatic carbocycles. The fourth-order valence-electron chi connectivity index (χ4n) is 3.22. The fraction of sp³-hybridized carbons (Fsp3) is 0.0294. The molecule has 3 aromatic heterocycles. The van der Waals surface area contributed by atoms with Crippen LogP contribution in [-0.4, -0.2) is 15.0 Å². The van der Waals surface area contributed by atoms with Crippen molar-refractivity contribution in [2.75, 3.05) is 0 Å². The molecule has 3 nitrogen and oxygen atoms in total. The van der Waals surface area contributed by atoms with E-state index in [-0.39, 0.29) is 27.5 Å². The summed E-state index contributed by atoms with van der Waals surface area (Å²) in [5.41, 5.74) is 6.03. The van der Waals surface area contributed by atoms with Crippen LogP contribution in [0.5, 0.6) is 0 Å². The summed E-state index contributed by atoms with van der Waals surface area (Å²) in [7, 11) is 0. The molecule has 0 bridgehead atoms. The summed E-state index contributed by atoms with van der Waals surface area (Å²) in [6, 6.07) is 50.5. The van der Waals surface area contributed by atoms with Crippen molar-refractivity contribution in [3.05, 3.63) is 164 Å². The molecule has 6 rings (SSSR count). The van der Waals surface area contributed by atoms with E-state index >= 15 is 0 Å². The van der Waals surface area contributed by atoms with Gasteiger partial charge in [0.25, 0.3) is 0 Å². The van der Waals surface area contributed by atoms with Gasteiger partial charge in [0.1, 0.15) is 0 Å². The molecular weight excluding hydrogens is 643 g/mol. The molecule has 0 fully saturated rings. The van der Waals surface area contributed by atoms with Crippen molar-refractivity contribution >= 4 is 0 Å². The molecule has 0 atom stereocenters. The second kappa shape index (κ2) is 17.3. The maximum atomic E-state index is 4.22. The summed E-state index contributed by atoms with van der Waals surface area (Å²) in [4.78, 5) is 12.7. The van der Waals surface area contributed by atoms with Crippen molar-refractivity contribution < 1.29 is 20.1 Å². The van der Waals surface area contributed by atoms with Crippen LogP contribution in [0.1, 0.15) is 7.43 Å². The Labute approximate surface area is 239 Å². The van der Waals surface area contributed by atoms with Crippen LogP contribution in [-0.2, 0) is 20.1 Å². The van der Waals surface area contributed by atoms with Gasteiger partial charge in [0.05, 0.1) is 0 Å². The standard InChI is InChI=1S/3C11H8N.CH4.Ir/c3*1-2-6-10(7-3-1)11-8-4-5-9-12-11;;/h3*1-6,8-9H;1H4;/q3*-1;;+3. The molecule has 0 saturated heterocycles. The molecule has 0 N–H and O–H groups in total. The predicted octanol–water partition coefficient (Wildman–Crippen LogP) is 8.28. The summed E-state index contributed by atoms with van der Waals surface area (Å²) < 4.78 is 0. The largest absolute Gasteiger partial charge is 3.00 e. The van der Waals surface area contributed by atoms with E-state index in [1.165, 1.54) is 0 Å². The second-order valence-corrected chi connectivity index (χ2v) is 7.47. The van der Waals surface area contributed by atoms with E-state index in [9.17, 15) is 0 Å². The summed E-state index contributed by atoms with van der Waals surface area (Å²) in [5.74, 6) is 0. The Morgan fingerprint density at radius 3 is 0.868 bits per heavy atom. The first-order valence-electron chi connectivity index (χ1n) is 11.5. The Hall–Kier alpha value is -4.24. The third kappa shape index (κ3) is 9.66. The molecule has 0 amide bonds. The van der Waals surface area contributed by atoms with Gasteiger partial charge in [0.2, 0.25) is 0 Å². The van der Waals surface area contributed by atoms with E-state index in [0.29, 0.717) is 0 Å². The zero-order chi connectivity index (χ0) is 24.7. The third-order valence-electron chi connectivity index (χ3n) is 4.95. The topological polar surface area (TPSA) is 38.7 Å². The number of rotatable bonds is 3. The molecule has 0 unspecified atom stereocenters. The predicted molar refractivity (Wildman–Crippen MR) is 152 cm³/mol. The molecule has 0 radical (unpaired) electrons. The molecule has 0 aliphatic rings. The van der Waals surface area contributed by atoms with E-state index in [1.54, 1.807) is 18.6 Å². The summed E-state index contributed by atoms with van der Waals surface area (Å²) in [5, 5.41) is 0. The molecule has 4 heteroatoms. The first kappa shape index (κ1) is 30.0. The molecule has 188 valence electrons. The third-order valence-corrected chi connectivity index (χ3v) is 4.95. The van der Waals surface area contributed by atoms with Gasteiger partial charge in [-0.05, 0) is 35.3 Å². The summed E-state index contributed by atoms with van der Waals surface area (Å²) in [6.45, 7) is 0. The van der Waals surface area contributed by atoms with E-state index < -0.39 is 0 Å². The van der Waals surface area contributed by atoms with Crippen molar-refractivity contribution in [2.45, 2.75) is 7.43 Å². The Morgan fingerprint density at radius 1 is 0.368 bits per heavy atom. The van der Waals surface area contributed by atoms with Crippen LogP contribution in [0.15, 0.2) is 146 Å². The fourth-order valence-corrected chi connectivity index (χ4v) is 3.22. The number of hydrogen-bond acceptors (Lipinski definition) is 3. The molecule has 0 saturated carbocycles. The zero-order valence-corrected chi connectivity index (χ0v) is 22.4. The number of pyridine rings is 3. The van der Waals surface area contributed by atoms with E-state index in [0.717, 1.165) is 33.8 Å². The molecule has 0 spiro atoms. The average molecular weight is 671 g/mol. The SMILES string of the molecule is C.[Ir+3].[c-]1ccccc1-c1ccccn1.[c-]1ccccc1-c1ccccn1.[c-]1ccccc1-c1ccccn1. The van der Waals surface area contributed by atoms with Crippen molar-refractivity contribution in [3.63, 3.8) is 0 Å². The maximum Gasteiger partial charge on any atom is 3.00 e. The van der Waals surface area contributed by atoms with Gasteiger partial charge in [0.15, 0.2) is 0 Å². The average Bonchev–Trinajstić information content (AvgIpc) is 3.01. The molecule has 3 heterocycles. The van der Waals surface area contributed by atoms with Crippen LogP contribution in [0.4, 0.5) is 0 Å². The molecule has 6 aromatic rings. The number of benzene rings is 3. The molecule has 0 aliphatic carbocycles. The smallest absolute Gasteiger partial charge is 0.305 e. The van der Waals surface area contributed by atoms with Gasteiger partial charge < -0.3 is 15.0 Å². The first-order chi connectivity index (χ1) is 17.9. The maximum absolute atomic E-state index is 4.22. The Morgan fingerprint density at radius 2 is 0.658 bits per heavy atom. The molecule has 38 heavy (non-hydrogen) atoms. The van der Waals surface area contributed by atoms with Crippen molar-refractivity contribution in [1.29, 1.82) is 0 Å². The summed E-state index contributed by atoms with van der Waals surface area (Å²) in [6.07, 6.45) is 5.36.